The zero-order chi connectivity index (χ0) is 13.8. The number of hydrogen-bond donors (Lipinski definition) is 0. The van der Waals surface area contributed by atoms with Crippen molar-refractivity contribution >= 4 is 15.9 Å². The van der Waals surface area contributed by atoms with E-state index < -0.39 is 0 Å². The second-order valence-corrected chi connectivity index (χ2v) is 5.25. The van der Waals surface area contributed by atoms with E-state index in [0.29, 0.717) is 5.82 Å². The molecule has 0 aliphatic carbocycles. The second kappa shape index (κ2) is 5.92. The largest absolute Gasteiger partial charge is 0.264 e. The fourth-order valence-corrected chi connectivity index (χ4v) is 2.28. The molecule has 0 atom stereocenters. The first kappa shape index (κ1) is 12.9. The minimum atomic E-state index is 0.701. The van der Waals surface area contributed by atoms with Crippen molar-refractivity contribution in [1.82, 2.24) is 15.0 Å². The number of rotatable bonds is 3. The van der Waals surface area contributed by atoms with Crippen molar-refractivity contribution in [2.45, 2.75) is 6.42 Å². The van der Waals surface area contributed by atoms with Crippen molar-refractivity contribution in [2.75, 3.05) is 0 Å². The molecule has 0 bridgehead atoms. The summed E-state index contributed by atoms with van der Waals surface area (Å²) in [6.45, 7) is 0. The molecule has 1 aromatic carbocycles. The Morgan fingerprint density at radius 3 is 2.55 bits per heavy atom. The van der Waals surface area contributed by atoms with Gasteiger partial charge in [0.25, 0.3) is 0 Å². The first-order chi connectivity index (χ1) is 9.83. The van der Waals surface area contributed by atoms with Crippen LogP contribution in [0.1, 0.15) is 11.3 Å². The monoisotopic (exact) mass is 325 g/mol. The van der Waals surface area contributed by atoms with Gasteiger partial charge in [-0.2, -0.15) is 0 Å². The Morgan fingerprint density at radius 1 is 0.950 bits per heavy atom. The molecule has 0 N–H and O–H groups in total. The molecule has 2 aromatic heterocycles. The Bertz CT molecular complexity index is 699. The molecule has 4 heteroatoms. The van der Waals surface area contributed by atoms with Gasteiger partial charge in [0.2, 0.25) is 0 Å². The van der Waals surface area contributed by atoms with Crippen molar-refractivity contribution < 1.29 is 0 Å². The zero-order valence-electron chi connectivity index (χ0n) is 10.7. The Kier molecular flexibility index (Phi) is 3.83. The molecule has 0 spiro atoms. The van der Waals surface area contributed by atoms with E-state index in [-0.39, 0.29) is 0 Å². The molecule has 0 aliphatic heterocycles. The minimum absolute atomic E-state index is 0.701. The van der Waals surface area contributed by atoms with Crippen molar-refractivity contribution in [3.05, 3.63) is 76.8 Å². The van der Waals surface area contributed by atoms with Gasteiger partial charge in [0.15, 0.2) is 5.82 Å². The molecule has 0 fully saturated rings. The van der Waals surface area contributed by atoms with Gasteiger partial charge < -0.3 is 0 Å². The Hall–Kier alpha value is -2.07. The van der Waals surface area contributed by atoms with Gasteiger partial charge >= 0.3 is 0 Å². The molecule has 0 saturated heterocycles. The summed E-state index contributed by atoms with van der Waals surface area (Å²) in [5.74, 6) is 0.701. The lowest BCUT2D eigenvalue weighted by Crippen LogP contribution is -1.98. The summed E-state index contributed by atoms with van der Waals surface area (Å²) in [4.78, 5) is 13.1. The van der Waals surface area contributed by atoms with Crippen LogP contribution in [0.25, 0.3) is 11.4 Å². The SMILES string of the molecule is Brc1cnc(-c2cccnc2)nc1Cc1ccccc1. The van der Waals surface area contributed by atoms with Crippen LogP contribution in [0, 0.1) is 0 Å². The maximum atomic E-state index is 4.64. The summed E-state index contributed by atoms with van der Waals surface area (Å²) in [7, 11) is 0. The van der Waals surface area contributed by atoms with Crippen LogP contribution in [-0.2, 0) is 6.42 Å². The lowest BCUT2D eigenvalue weighted by Gasteiger charge is -2.06. The topological polar surface area (TPSA) is 38.7 Å². The molecule has 0 aliphatic rings. The average Bonchev–Trinajstić information content (AvgIpc) is 2.51. The van der Waals surface area contributed by atoms with Crippen LogP contribution >= 0.6 is 15.9 Å². The predicted molar refractivity (Wildman–Crippen MR) is 82.2 cm³/mol. The molecule has 0 radical (unpaired) electrons. The van der Waals surface area contributed by atoms with Gasteiger partial charge in [-0.15, -0.1) is 0 Å². The van der Waals surface area contributed by atoms with E-state index in [1.165, 1.54) is 5.56 Å². The quantitative estimate of drug-likeness (QED) is 0.733. The molecular formula is C16H12BrN3. The molecule has 3 nitrogen and oxygen atoms in total. The fraction of sp³-hybridized carbons (Fsp3) is 0.0625. The molecule has 0 saturated carbocycles. The Balaban J connectivity index is 1.95. The maximum Gasteiger partial charge on any atom is 0.161 e. The van der Waals surface area contributed by atoms with E-state index in [1.807, 2.05) is 30.3 Å². The summed E-state index contributed by atoms with van der Waals surface area (Å²) in [6.07, 6.45) is 6.09. The Labute approximate surface area is 125 Å². The third kappa shape index (κ3) is 2.91. The molecule has 0 unspecified atom stereocenters. The Morgan fingerprint density at radius 2 is 1.80 bits per heavy atom. The van der Waals surface area contributed by atoms with Crippen LogP contribution in [-0.4, -0.2) is 15.0 Å². The molecule has 3 rings (SSSR count). The van der Waals surface area contributed by atoms with Crippen molar-refractivity contribution in [2.24, 2.45) is 0 Å². The molecule has 2 heterocycles. The van der Waals surface area contributed by atoms with Gasteiger partial charge in [-0.3, -0.25) is 4.98 Å². The maximum absolute atomic E-state index is 4.64. The highest BCUT2D eigenvalue weighted by molar-refractivity contribution is 9.10. The van der Waals surface area contributed by atoms with Crippen LogP contribution in [0.2, 0.25) is 0 Å². The van der Waals surface area contributed by atoms with E-state index >= 15 is 0 Å². The van der Waals surface area contributed by atoms with Crippen molar-refractivity contribution in [3.63, 3.8) is 0 Å². The molecule has 98 valence electrons. The third-order valence-electron chi connectivity index (χ3n) is 2.95. The number of halogens is 1. The second-order valence-electron chi connectivity index (χ2n) is 4.39. The van der Waals surface area contributed by atoms with Gasteiger partial charge in [0.05, 0.1) is 10.2 Å². The average molecular weight is 326 g/mol. The number of nitrogens with zero attached hydrogens (tertiary/aromatic N) is 3. The van der Waals surface area contributed by atoms with Gasteiger partial charge in [-0.25, -0.2) is 9.97 Å². The highest BCUT2D eigenvalue weighted by Gasteiger charge is 2.07. The van der Waals surface area contributed by atoms with Gasteiger partial charge in [-0.05, 0) is 33.6 Å². The summed E-state index contributed by atoms with van der Waals surface area (Å²) < 4.78 is 0.925. The summed E-state index contributed by atoms with van der Waals surface area (Å²) in [5, 5.41) is 0. The molecular weight excluding hydrogens is 314 g/mol. The van der Waals surface area contributed by atoms with Gasteiger partial charge in [0, 0.05) is 30.6 Å². The number of benzene rings is 1. The van der Waals surface area contributed by atoms with E-state index in [0.717, 1.165) is 22.2 Å². The normalized spacial score (nSPS) is 10.4. The van der Waals surface area contributed by atoms with Crippen molar-refractivity contribution in [1.29, 1.82) is 0 Å². The summed E-state index contributed by atoms with van der Waals surface area (Å²) in [5.41, 5.74) is 3.13. The van der Waals surface area contributed by atoms with E-state index in [9.17, 15) is 0 Å². The van der Waals surface area contributed by atoms with Crippen LogP contribution < -0.4 is 0 Å². The highest BCUT2D eigenvalue weighted by Crippen LogP contribution is 2.21. The molecule has 0 amide bonds. The number of hydrogen-bond acceptors (Lipinski definition) is 3. The summed E-state index contributed by atoms with van der Waals surface area (Å²) >= 11 is 3.52. The fourth-order valence-electron chi connectivity index (χ4n) is 1.95. The summed E-state index contributed by atoms with van der Waals surface area (Å²) in [6, 6.07) is 14.1. The van der Waals surface area contributed by atoms with Gasteiger partial charge in [-0.1, -0.05) is 30.3 Å². The van der Waals surface area contributed by atoms with E-state index in [1.54, 1.807) is 18.6 Å². The van der Waals surface area contributed by atoms with Crippen LogP contribution in [0.4, 0.5) is 0 Å². The van der Waals surface area contributed by atoms with Gasteiger partial charge in [0.1, 0.15) is 0 Å². The number of pyridine rings is 1. The lowest BCUT2D eigenvalue weighted by molar-refractivity contribution is 1.02. The molecule has 3 aromatic rings. The predicted octanol–water partition coefficient (Wildman–Crippen LogP) is 3.89. The smallest absolute Gasteiger partial charge is 0.161 e. The van der Waals surface area contributed by atoms with Crippen LogP contribution in [0.3, 0.4) is 0 Å². The van der Waals surface area contributed by atoms with Crippen LogP contribution in [0.5, 0.6) is 0 Å². The first-order valence-electron chi connectivity index (χ1n) is 6.28. The van der Waals surface area contributed by atoms with Crippen molar-refractivity contribution in [3.8, 4) is 11.4 Å². The molecule has 20 heavy (non-hydrogen) atoms. The standard InChI is InChI=1S/C16H12BrN3/c17-14-11-19-16(13-7-4-8-18-10-13)20-15(14)9-12-5-2-1-3-6-12/h1-8,10-11H,9H2. The lowest BCUT2D eigenvalue weighted by atomic mass is 10.1. The zero-order valence-corrected chi connectivity index (χ0v) is 12.3. The van der Waals surface area contributed by atoms with Crippen LogP contribution in [0.15, 0.2) is 65.5 Å². The van der Waals surface area contributed by atoms with E-state index in [2.05, 4.69) is 43.0 Å². The first-order valence-corrected chi connectivity index (χ1v) is 7.08. The van der Waals surface area contributed by atoms with E-state index in [4.69, 9.17) is 0 Å². The number of aromatic nitrogens is 3. The third-order valence-corrected chi connectivity index (χ3v) is 3.61. The minimum Gasteiger partial charge on any atom is -0.264 e. The highest BCUT2D eigenvalue weighted by atomic mass is 79.9.